The molecule has 4 rings (SSSR count). The lowest BCUT2D eigenvalue weighted by Crippen LogP contribution is -2.47. The van der Waals surface area contributed by atoms with Gasteiger partial charge < -0.3 is 10.1 Å². The maximum atomic E-state index is 12.5. The molecule has 0 spiro atoms. The summed E-state index contributed by atoms with van der Waals surface area (Å²) in [6, 6.07) is 11.5. The zero-order valence-electron chi connectivity index (χ0n) is 18.2. The molecule has 0 bridgehead atoms. The van der Waals surface area contributed by atoms with Gasteiger partial charge in [-0.25, -0.2) is 9.97 Å². The summed E-state index contributed by atoms with van der Waals surface area (Å²) in [6.45, 7) is 7.33. The summed E-state index contributed by atoms with van der Waals surface area (Å²) < 4.78 is 5.85. The minimum atomic E-state index is -0.0523. The molecule has 6 nitrogen and oxygen atoms in total. The SMILES string of the molecule is Cc1nc2ccc(CC(=O)NCC3CN(Cc4ccc(Cl)c(Cl)c4)CCO3)cc2nc1C. The fourth-order valence-electron chi connectivity index (χ4n) is 3.81. The summed E-state index contributed by atoms with van der Waals surface area (Å²) in [5.41, 5.74) is 5.50. The van der Waals surface area contributed by atoms with E-state index in [1.54, 1.807) is 0 Å². The maximum absolute atomic E-state index is 12.5. The van der Waals surface area contributed by atoms with E-state index >= 15 is 0 Å². The van der Waals surface area contributed by atoms with E-state index in [0.717, 1.165) is 53.2 Å². The molecule has 1 N–H and O–H groups in total. The van der Waals surface area contributed by atoms with Crippen molar-refractivity contribution in [2.45, 2.75) is 32.9 Å². The topological polar surface area (TPSA) is 67.4 Å². The fraction of sp³-hybridized carbons (Fsp3) is 0.375. The van der Waals surface area contributed by atoms with Crippen LogP contribution in [0.15, 0.2) is 36.4 Å². The van der Waals surface area contributed by atoms with Crippen LogP contribution < -0.4 is 5.32 Å². The Kier molecular flexibility index (Phi) is 7.26. The van der Waals surface area contributed by atoms with Crippen molar-refractivity contribution in [1.29, 1.82) is 0 Å². The predicted octanol–water partition coefficient (Wildman–Crippen LogP) is 4.11. The number of carbonyl (C=O) groups excluding carboxylic acids is 1. The Bertz CT molecular complexity index is 1140. The lowest BCUT2D eigenvalue weighted by molar-refractivity contribution is -0.121. The second kappa shape index (κ2) is 10.1. The van der Waals surface area contributed by atoms with Gasteiger partial charge in [0, 0.05) is 26.2 Å². The normalized spacial score (nSPS) is 16.9. The second-order valence-corrected chi connectivity index (χ2v) is 8.99. The average molecular weight is 473 g/mol. The molecule has 0 radical (unpaired) electrons. The average Bonchev–Trinajstić information content (AvgIpc) is 2.76. The third-order valence-electron chi connectivity index (χ3n) is 5.64. The Morgan fingerprint density at radius 2 is 1.81 bits per heavy atom. The molecule has 3 aromatic rings. The molecule has 1 fully saturated rings. The molecule has 0 aliphatic carbocycles. The van der Waals surface area contributed by atoms with E-state index in [1.165, 1.54) is 0 Å². The van der Waals surface area contributed by atoms with Gasteiger partial charge in [-0.15, -0.1) is 0 Å². The van der Waals surface area contributed by atoms with Gasteiger partial charge in [0.1, 0.15) is 0 Å². The molecule has 2 heterocycles. The van der Waals surface area contributed by atoms with Crippen molar-refractivity contribution in [2.24, 2.45) is 0 Å². The summed E-state index contributed by atoms with van der Waals surface area (Å²) >= 11 is 12.1. The van der Waals surface area contributed by atoms with E-state index in [1.807, 2.05) is 50.2 Å². The number of aryl methyl sites for hydroxylation is 2. The van der Waals surface area contributed by atoms with Crippen LogP contribution in [-0.4, -0.2) is 53.1 Å². The number of nitrogens with zero attached hydrogens (tertiary/aromatic N) is 3. The number of aromatic nitrogens is 2. The van der Waals surface area contributed by atoms with Crippen LogP contribution in [0.1, 0.15) is 22.5 Å². The summed E-state index contributed by atoms with van der Waals surface area (Å²) in [5.74, 6) is -0.0358. The van der Waals surface area contributed by atoms with Crippen molar-refractivity contribution in [3.63, 3.8) is 0 Å². The molecule has 1 saturated heterocycles. The number of morpholine rings is 1. The minimum absolute atomic E-state index is 0.0358. The molecule has 2 aromatic carbocycles. The first-order valence-electron chi connectivity index (χ1n) is 10.7. The van der Waals surface area contributed by atoms with E-state index in [4.69, 9.17) is 27.9 Å². The number of rotatable bonds is 6. The number of benzene rings is 2. The Labute approximate surface area is 197 Å². The number of ether oxygens (including phenoxy) is 1. The molecule has 0 saturated carbocycles. The monoisotopic (exact) mass is 472 g/mol. The third kappa shape index (κ3) is 5.75. The first kappa shape index (κ1) is 22.9. The van der Waals surface area contributed by atoms with Gasteiger partial charge in [0.2, 0.25) is 5.91 Å². The second-order valence-electron chi connectivity index (χ2n) is 8.17. The fourth-order valence-corrected chi connectivity index (χ4v) is 4.13. The van der Waals surface area contributed by atoms with Crippen LogP contribution in [0.25, 0.3) is 11.0 Å². The van der Waals surface area contributed by atoms with Crippen LogP contribution in [-0.2, 0) is 22.5 Å². The van der Waals surface area contributed by atoms with Gasteiger partial charge in [-0.1, -0.05) is 35.3 Å². The van der Waals surface area contributed by atoms with Crippen LogP contribution in [0, 0.1) is 13.8 Å². The predicted molar refractivity (Wildman–Crippen MR) is 127 cm³/mol. The van der Waals surface area contributed by atoms with Crippen molar-refractivity contribution in [3.8, 4) is 0 Å². The zero-order chi connectivity index (χ0) is 22.7. The molecule has 1 atom stereocenters. The van der Waals surface area contributed by atoms with Crippen LogP contribution in [0.3, 0.4) is 0 Å². The van der Waals surface area contributed by atoms with E-state index in [-0.39, 0.29) is 12.0 Å². The number of amides is 1. The number of hydrogen-bond acceptors (Lipinski definition) is 5. The molecule has 168 valence electrons. The lowest BCUT2D eigenvalue weighted by atomic mass is 10.1. The molecule has 8 heteroatoms. The summed E-state index contributed by atoms with van der Waals surface area (Å²) in [4.78, 5) is 23.9. The standard InChI is InChI=1S/C24H26Cl2N4O2/c1-15-16(2)29-23-10-17(4-6-22(23)28-15)11-24(31)27-12-19-14-30(7-8-32-19)13-18-3-5-20(25)21(26)9-18/h3-6,9-10,19H,7-8,11-14H2,1-2H3,(H,27,31). The van der Waals surface area contributed by atoms with Crippen LogP contribution in [0.4, 0.5) is 0 Å². The summed E-state index contributed by atoms with van der Waals surface area (Å²) in [6.07, 6.45) is 0.244. The number of hydrogen-bond donors (Lipinski definition) is 1. The van der Waals surface area contributed by atoms with Gasteiger partial charge >= 0.3 is 0 Å². The Balaban J connectivity index is 1.29. The van der Waals surface area contributed by atoms with Crippen molar-refractivity contribution < 1.29 is 9.53 Å². The van der Waals surface area contributed by atoms with E-state index < -0.39 is 0 Å². The van der Waals surface area contributed by atoms with Gasteiger partial charge in [-0.2, -0.15) is 0 Å². The highest BCUT2D eigenvalue weighted by molar-refractivity contribution is 6.42. The number of halogens is 2. The van der Waals surface area contributed by atoms with Gasteiger partial charge in [0.25, 0.3) is 0 Å². The molecular weight excluding hydrogens is 447 g/mol. The van der Waals surface area contributed by atoms with Gasteiger partial charge in [0.15, 0.2) is 0 Å². The number of carbonyl (C=O) groups is 1. The first-order chi connectivity index (χ1) is 15.4. The Morgan fingerprint density at radius 1 is 1.06 bits per heavy atom. The van der Waals surface area contributed by atoms with Gasteiger partial charge in [-0.3, -0.25) is 9.69 Å². The first-order valence-corrected chi connectivity index (χ1v) is 11.4. The largest absolute Gasteiger partial charge is 0.374 e. The highest BCUT2D eigenvalue weighted by Crippen LogP contribution is 2.23. The number of fused-ring (bicyclic) bond motifs is 1. The zero-order valence-corrected chi connectivity index (χ0v) is 19.7. The molecule has 1 aliphatic rings. The van der Waals surface area contributed by atoms with Gasteiger partial charge in [-0.05, 0) is 49.2 Å². The molecule has 1 aliphatic heterocycles. The minimum Gasteiger partial charge on any atom is -0.374 e. The van der Waals surface area contributed by atoms with E-state index in [9.17, 15) is 4.79 Å². The smallest absolute Gasteiger partial charge is 0.224 e. The lowest BCUT2D eigenvalue weighted by Gasteiger charge is -2.33. The molecular formula is C24H26Cl2N4O2. The summed E-state index contributed by atoms with van der Waals surface area (Å²) in [7, 11) is 0. The third-order valence-corrected chi connectivity index (χ3v) is 6.38. The molecule has 1 unspecified atom stereocenters. The van der Waals surface area contributed by atoms with Gasteiger partial charge in [0.05, 0.1) is 51.6 Å². The van der Waals surface area contributed by atoms with Crippen LogP contribution in [0.5, 0.6) is 0 Å². The highest BCUT2D eigenvalue weighted by atomic mass is 35.5. The van der Waals surface area contributed by atoms with Crippen molar-refractivity contribution in [3.05, 3.63) is 69.0 Å². The maximum Gasteiger partial charge on any atom is 0.224 e. The highest BCUT2D eigenvalue weighted by Gasteiger charge is 2.21. The van der Waals surface area contributed by atoms with Crippen molar-refractivity contribution in [2.75, 3.05) is 26.2 Å². The number of nitrogens with one attached hydrogen (secondary N) is 1. The van der Waals surface area contributed by atoms with E-state index in [0.29, 0.717) is 29.6 Å². The van der Waals surface area contributed by atoms with Crippen molar-refractivity contribution >= 4 is 40.1 Å². The molecule has 32 heavy (non-hydrogen) atoms. The Morgan fingerprint density at radius 3 is 2.59 bits per heavy atom. The van der Waals surface area contributed by atoms with E-state index in [2.05, 4.69) is 20.2 Å². The summed E-state index contributed by atoms with van der Waals surface area (Å²) in [5, 5.41) is 4.12. The van der Waals surface area contributed by atoms with Crippen LogP contribution in [0.2, 0.25) is 10.0 Å². The molecule has 1 amide bonds. The Hall–Kier alpha value is -2.25. The quantitative estimate of drug-likeness (QED) is 0.584. The molecule has 1 aromatic heterocycles. The van der Waals surface area contributed by atoms with Crippen molar-refractivity contribution in [1.82, 2.24) is 20.2 Å². The van der Waals surface area contributed by atoms with Crippen LogP contribution >= 0.6 is 23.2 Å².